The summed E-state index contributed by atoms with van der Waals surface area (Å²) in [6.07, 6.45) is 3.39. The standard InChI is InChI=1S/C16H22N4O5/c1-18-11-16(25-15(18)24)5-2-7-19(10-6-16)13(22)4-9-20-8-3-12(21)17-14(20)23/h3,8H,2,4-7,9-11H2,1H3,(H,17,21,23)/t16-/m0/s1. The molecule has 1 aromatic heterocycles. The Labute approximate surface area is 144 Å². The van der Waals surface area contributed by atoms with E-state index in [-0.39, 0.29) is 25.0 Å². The van der Waals surface area contributed by atoms with Crippen molar-refractivity contribution in [2.75, 3.05) is 26.7 Å². The molecule has 0 aliphatic carbocycles. The van der Waals surface area contributed by atoms with Crippen LogP contribution in [0.1, 0.15) is 25.7 Å². The molecule has 1 spiro atoms. The molecule has 0 unspecified atom stereocenters. The van der Waals surface area contributed by atoms with E-state index >= 15 is 0 Å². The van der Waals surface area contributed by atoms with Crippen LogP contribution in [-0.4, -0.2) is 63.6 Å². The summed E-state index contributed by atoms with van der Waals surface area (Å²) < 4.78 is 6.85. The van der Waals surface area contributed by atoms with Gasteiger partial charge >= 0.3 is 11.8 Å². The number of amides is 2. The molecule has 1 N–H and O–H groups in total. The van der Waals surface area contributed by atoms with Crippen molar-refractivity contribution < 1.29 is 14.3 Å². The summed E-state index contributed by atoms with van der Waals surface area (Å²) in [7, 11) is 1.72. The number of hydrogen-bond donors (Lipinski definition) is 1. The Bertz CT molecular complexity index is 785. The maximum absolute atomic E-state index is 12.5. The van der Waals surface area contributed by atoms with Gasteiger partial charge in [0.25, 0.3) is 5.56 Å². The van der Waals surface area contributed by atoms with Gasteiger partial charge in [-0.1, -0.05) is 0 Å². The molecule has 3 rings (SSSR count). The number of likely N-dealkylation sites (N-methyl/N-ethyl adjacent to an activating group) is 1. The molecule has 1 atom stereocenters. The molecule has 0 aromatic carbocycles. The van der Waals surface area contributed by atoms with E-state index in [1.807, 2.05) is 0 Å². The first-order chi connectivity index (χ1) is 11.9. The van der Waals surface area contributed by atoms with Crippen LogP contribution < -0.4 is 11.2 Å². The molecule has 136 valence electrons. The number of aryl methyl sites for hydroxylation is 1. The molecule has 2 amide bonds. The first-order valence-corrected chi connectivity index (χ1v) is 8.40. The molecule has 3 heterocycles. The minimum Gasteiger partial charge on any atom is -0.441 e. The van der Waals surface area contributed by atoms with Gasteiger partial charge in [0.15, 0.2) is 0 Å². The zero-order valence-corrected chi connectivity index (χ0v) is 14.2. The number of H-pyrrole nitrogens is 1. The first kappa shape index (κ1) is 17.2. The number of ether oxygens (including phenoxy) is 1. The Hall–Kier alpha value is -2.58. The van der Waals surface area contributed by atoms with Gasteiger partial charge in [-0.05, 0) is 12.8 Å². The Morgan fingerprint density at radius 3 is 2.76 bits per heavy atom. The maximum Gasteiger partial charge on any atom is 0.410 e. The van der Waals surface area contributed by atoms with E-state index in [4.69, 9.17) is 4.74 Å². The van der Waals surface area contributed by atoms with Crippen molar-refractivity contribution in [3.05, 3.63) is 33.1 Å². The van der Waals surface area contributed by atoms with Gasteiger partial charge in [-0.15, -0.1) is 0 Å². The van der Waals surface area contributed by atoms with Gasteiger partial charge in [0.1, 0.15) is 5.60 Å². The molecule has 2 aliphatic rings. The first-order valence-electron chi connectivity index (χ1n) is 8.40. The van der Waals surface area contributed by atoms with Crippen LogP contribution in [0.4, 0.5) is 4.79 Å². The summed E-state index contributed by atoms with van der Waals surface area (Å²) >= 11 is 0. The number of rotatable bonds is 3. The van der Waals surface area contributed by atoms with Crippen molar-refractivity contribution in [1.29, 1.82) is 0 Å². The quantitative estimate of drug-likeness (QED) is 0.810. The number of nitrogens with one attached hydrogen (secondary N) is 1. The number of aromatic amines is 1. The van der Waals surface area contributed by atoms with E-state index in [2.05, 4.69) is 4.98 Å². The second kappa shape index (κ2) is 6.73. The van der Waals surface area contributed by atoms with Crippen molar-refractivity contribution in [1.82, 2.24) is 19.4 Å². The van der Waals surface area contributed by atoms with E-state index in [1.165, 1.54) is 16.8 Å². The third kappa shape index (κ3) is 3.75. The van der Waals surface area contributed by atoms with E-state index in [0.29, 0.717) is 26.1 Å². The zero-order chi connectivity index (χ0) is 18.0. The van der Waals surface area contributed by atoms with Gasteiger partial charge in [-0.3, -0.25) is 14.6 Å². The molecular weight excluding hydrogens is 328 g/mol. The highest BCUT2D eigenvalue weighted by Gasteiger charge is 2.44. The predicted molar refractivity (Wildman–Crippen MR) is 88.2 cm³/mol. The van der Waals surface area contributed by atoms with Gasteiger partial charge in [0.05, 0.1) is 6.54 Å². The van der Waals surface area contributed by atoms with Crippen LogP contribution in [0.3, 0.4) is 0 Å². The van der Waals surface area contributed by atoms with Crippen LogP contribution >= 0.6 is 0 Å². The fourth-order valence-electron chi connectivity index (χ4n) is 3.46. The SMILES string of the molecule is CN1C[C@@]2(CCCN(C(=O)CCn3ccc(=O)[nH]c3=O)CC2)OC1=O. The number of likely N-dealkylation sites (tertiary alicyclic amines) is 1. The highest BCUT2D eigenvalue weighted by molar-refractivity contribution is 5.76. The van der Waals surface area contributed by atoms with Gasteiger partial charge in [-0.2, -0.15) is 0 Å². The summed E-state index contributed by atoms with van der Waals surface area (Å²) in [6.45, 7) is 1.91. The molecule has 1 aromatic rings. The summed E-state index contributed by atoms with van der Waals surface area (Å²) in [5.41, 5.74) is -1.46. The molecule has 2 aliphatic heterocycles. The lowest BCUT2D eigenvalue weighted by molar-refractivity contribution is -0.131. The topological polar surface area (TPSA) is 105 Å². The summed E-state index contributed by atoms with van der Waals surface area (Å²) in [5, 5.41) is 0. The van der Waals surface area contributed by atoms with E-state index in [9.17, 15) is 19.2 Å². The number of carbonyl (C=O) groups is 2. The lowest BCUT2D eigenvalue weighted by Gasteiger charge is -2.25. The predicted octanol–water partition coefficient (Wildman–Crippen LogP) is -0.240. The van der Waals surface area contributed by atoms with Crippen LogP contribution in [-0.2, 0) is 16.1 Å². The number of hydrogen-bond acceptors (Lipinski definition) is 5. The molecule has 0 radical (unpaired) electrons. The van der Waals surface area contributed by atoms with Crippen molar-refractivity contribution in [2.45, 2.75) is 37.8 Å². The monoisotopic (exact) mass is 350 g/mol. The average molecular weight is 350 g/mol. The van der Waals surface area contributed by atoms with Crippen LogP contribution in [0.5, 0.6) is 0 Å². The van der Waals surface area contributed by atoms with Crippen molar-refractivity contribution in [3.63, 3.8) is 0 Å². The third-order valence-electron chi connectivity index (χ3n) is 4.85. The number of carbonyl (C=O) groups excluding carboxylic acids is 2. The van der Waals surface area contributed by atoms with Crippen LogP contribution in [0.2, 0.25) is 0 Å². The Balaban J connectivity index is 1.57. The highest BCUT2D eigenvalue weighted by atomic mass is 16.6. The molecule has 9 heteroatoms. The summed E-state index contributed by atoms with van der Waals surface area (Å²) in [4.78, 5) is 52.3. The average Bonchev–Trinajstić information content (AvgIpc) is 2.71. The molecule has 0 saturated carbocycles. The Kier molecular flexibility index (Phi) is 4.65. The zero-order valence-electron chi connectivity index (χ0n) is 14.2. The van der Waals surface area contributed by atoms with Gasteiger partial charge in [0, 0.05) is 51.8 Å². The second-order valence-electron chi connectivity index (χ2n) is 6.69. The van der Waals surface area contributed by atoms with Crippen LogP contribution in [0.15, 0.2) is 21.9 Å². The fraction of sp³-hybridized carbons (Fsp3) is 0.625. The fourth-order valence-corrected chi connectivity index (χ4v) is 3.46. The largest absolute Gasteiger partial charge is 0.441 e. The second-order valence-corrected chi connectivity index (χ2v) is 6.69. The lowest BCUT2D eigenvalue weighted by Crippen LogP contribution is -2.37. The molecule has 2 saturated heterocycles. The van der Waals surface area contributed by atoms with E-state index in [0.717, 1.165) is 12.8 Å². The Morgan fingerprint density at radius 2 is 2.08 bits per heavy atom. The molecule has 9 nitrogen and oxygen atoms in total. The minimum absolute atomic E-state index is 0.0483. The molecule has 2 fully saturated rings. The summed E-state index contributed by atoms with van der Waals surface area (Å²) in [6, 6.07) is 1.26. The van der Waals surface area contributed by atoms with Crippen LogP contribution in [0.25, 0.3) is 0 Å². The van der Waals surface area contributed by atoms with Crippen molar-refractivity contribution >= 4 is 12.0 Å². The normalized spacial score (nSPS) is 23.6. The maximum atomic E-state index is 12.5. The van der Waals surface area contributed by atoms with Gasteiger partial charge in [-0.25, -0.2) is 9.59 Å². The Morgan fingerprint density at radius 1 is 1.28 bits per heavy atom. The van der Waals surface area contributed by atoms with Crippen LogP contribution in [0, 0.1) is 0 Å². The third-order valence-corrected chi connectivity index (χ3v) is 4.85. The minimum atomic E-state index is -0.518. The van der Waals surface area contributed by atoms with Gasteiger partial charge < -0.3 is 19.1 Å². The van der Waals surface area contributed by atoms with Crippen molar-refractivity contribution in [2.24, 2.45) is 0 Å². The molecule has 25 heavy (non-hydrogen) atoms. The lowest BCUT2D eigenvalue weighted by atomic mass is 9.95. The van der Waals surface area contributed by atoms with E-state index in [1.54, 1.807) is 16.8 Å². The summed E-state index contributed by atoms with van der Waals surface area (Å²) in [5.74, 6) is -0.0483. The van der Waals surface area contributed by atoms with E-state index < -0.39 is 16.9 Å². The highest BCUT2D eigenvalue weighted by Crippen LogP contribution is 2.32. The van der Waals surface area contributed by atoms with Crippen molar-refractivity contribution in [3.8, 4) is 0 Å². The smallest absolute Gasteiger partial charge is 0.410 e. The number of nitrogens with zero attached hydrogens (tertiary/aromatic N) is 3. The number of aromatic nitrogens is 2. The van der Waals surface area contributed by atoms with Gasteiger partial charge in [0.2, 0.25) is 5.91 Å². The molecular formula is C16H22N4O5. The molecule has 0 bridgehead atoms.